The van der Waals surface area contributed by atoms with Crippen molar-refractivity contribution < 1.29 is 8.42 Å². The van der Waals surface area contributed by atoms with Crippen LogP contribution in [0.1, 0.15) is 5.56 Å². The van der Waals surface area contributed by atoms with Gasteiger partial charge in [0.2, 0.25) is 10.0 Å². The van der Waals surface area contributed by atoms with Crippen LogP contribution >= 0.6 is 0 Å². The van der Waals surface area contributed by atoms with E-state index >= 15 is 0 Å². The molecule has 0 saturated heterocycles. The highest BCUT2D eigenvalue weighted by Gasteiger charge is 2.12. The van der Waals surface area contributed by atoms with Crippen molar-refractivity contribution in [2.24, 2.45) is 5.73 Å². The van der Waals surface area contributed by atoms with Crippen LogP contribution in [0.25, 0.3) is 0 Å². The van der Waals surface area contributed by atoms with Crippen LogP contribution in [0.3, 0.4) is 0 Å². The fraction of sp³-hybridized carbons (Fsp3) is 0.400. The van der Waals surface area contributed by atoms with Gasteiger partial charge in [0, 0.05) is 12.6 Å². The van der Waals surface area contributed by atoms with Gasteiger partial charge < -0.3 is 5.73 Å². The van der Waals surface area contributed by atoms with E-state index in [0.29, 0.717) is 13.0 Å². The quantitative estimate of drug-likeness (QED) is 0.751. The van der Waals surface area contributed by atoms with Gasteiger partial charge in [-0.1, -0.05) is 30.3 Å². The van der Waals surface area contributed by atoms with E-state index in [9.17, 15) is 8.42 Å². The predicted octanol–water partition coefficient (Wildman–Crippen LogP) is 0.106. The summed E-state index contributed by atoms with van der Waals surface area (Å²) in [7, 11) is -3.19. The highest BCUT2D eigenvalue weighted by atomic mass is 32.2. The van der Waals surface area contributed by atoms with Crippen LogP contribution in [0.5, 0.6) is 0 Å². The Bertz CT molecular complexity index is 389. The summed E-state index contributed by atoms with van der Waals surface area (Å²) in [6.07, 6.45) is 1.76. The van der Waals surface area contributed by atoms with Gasteiger partial charge in [0.05, 0.1) is 6.26 Å². The molecule has 0 aliphatic rings. The van der Waals surface area contributed by atoms with Gasteiger partial charge in [0.1, 0.15) is 0 Å². The van der Waals surface area contributed by atoms with E-state index in [-0.39, 0.29) is 6.04 Å². The summed E-state index contributed by atoms with van der Waals surface area (Å²) in [5, 5.41) is 0. The summed E-state index contributed by atoms with van der Waals surface area (Å²) in [5.74, 6) is 0. The van der Waals surface area contributed by atoms with Crippen LogP contribution in [0.4, 0.5) is 0 Å². The fourth-order valence-corrected chi connectivity index (χ4v) is 2.16. The Kier molecular flexibility index (Phi) is 4.26. The molecule has 84 valence electrons. The molecular weight excluding hydrogens is 212 g/mol. The maximum atomic E-state index is 11.0. The van der Waals surface area contributed by atoms with Crippen molar-refractivity contribution >= 4 is 10.0 Å². The lowest BCUT2D eigenvalue weighted by Gasteiger charge is -2.15. The van der Waals surface area contributed by atoms with Gasteiger partial charge in [-0.3, -0.25) is 0 Å². The van der Waals surface area contributed by atoms with Crippen molar-refractivity contribution in [3.63, 3.8) is 0 Å². The molecule has 5 heteroatoms. The second-order valence-corrected chi connectivity index (χ2v) is 5.29. The molecular formula is C10H16N2O2S. The van der Waals surface area contributed by atoms with Crippen LogP contribution in [0.15, 0.2) is 30.3 Å². The molecule has 1 aromatic rings. The molecule has 0 spiro atoms. The van der Waals surface area contributed by atoms with Crippen LogP contribution in [-0.4, -0.2) is 27.3 Å². The number of rotatable bonds is 5. The van der Waals surface area contributed by atoms with E-state index in [1.807, 2.05) is 30.3 Å². The topological polar surface area (TPSA) is 72.2 Å². The first-order valence-electron chi connectivity index (χ1n) is 4.72. The monoisotopic (exact) mass is 228 g/mol. The van der Waals surface area contributed by atoms with Crippen molar-refractivity contribution in [3.8, 4) is 0 Å². The minimum Gasteiger partial charge on any atom is -0.329 e. The van der Waals surface area contributed by atoms with Gasteiger partial charge in [-0.15, -0.1) is 0 Å². The van der Waals surface area contributed by atoms with Crippen molar-refractivity contribution in [2.45, 2.75) is 12.5 Å². The van der Waals surface area contributed by atoms with Crippen LogP contribution in [-0.2, 0) is 16.4 Å². The number of nitrogens with one attached hydrogen (secondary N) is 1. The third-order valence-corrected chi connectivity index (χ3v) is 2.75. The lowest BCUT2D eigenvalue weighted by Crippen LogP contribution is -2.41. The van der Waals surface area contributed by atoms with E-state index in [2.05, 4.69) is 4.72 Å². The maximum absolute atomic E-state index is 11.0. The highest BCUT2D eigenvalue weighted by Crippen LogP contribution is 2.02. The molecule has 1 atom stereocenters. The Morgan fingerprint density at radius 1 is 1.33 bits per heavy atom. The largest absolute Gasteiger partial charge is 0.329 e. The predicted molar refractivity (Wildman–Crippen MR) is 61.0 cm³/mol. The maximum Gasteiger partial charge on any atom is 0.209 e. The minimum absolute atomic E-state index is 0.234. The van der Waals surface area contributed by atoms with Crippen LogP contribution in [0.2, 0.25) is 0 Å². The molecule has 0 radical (unpaired) electrons. The smallest absolute Gasteiger partial charge is 0.209 e. The highest BCUT2D eigenvalue weighted by molar-refractivity contribution is 7.88. The van der Waals surface area contributed by atoms with Gasteiger partial charge in [-0.25, -0.2) is 13.1 Å². The fourth-order valence-electron chi connectivity index (χ4n) is 1.37. The molecule has 4 nitrogen and oxygen atoms in total. The van der Waals surface area contributed by atoms with E-state index in [4.69, 9.17) is 5.73 Å². The number of hydrogen-bond donors (Lipinski definition) is 2. The molecule has 0 aliphatic heterocycles. The van der Waals surface area contributed by atoms with Gasteiger partial charge >= 0.3 is 0 Å². The zero-order chi connectivity index (χ0) is 11.3. The zero-order valence-corrected chi connectivity index (χ0v) is 9.50. The van der Waals surface area contributed by atoms with Crippen LogP contribution < -0.4 is 10.5 Å². The Labute approximate surface area is 90.5 Å². The first-order chi connectivity index (χ1) is 7.01. The molecule has 0 fully saturated rings. The molecule has 1 aromatic carbocycles. The summed E-state index contributed by atoms with van der Waals surface area (Å²) in [5.41, 5.74) is 6.57. The molecule has 0 aliphatic carbocycles. The van der Waals surface area contributed by atoms with Crippen molar-refractivity contribution in [1.82, 2.24) is 4.72 Å². The number of sulfonamides is 1. The van der Waals surface area contributed by atoms with Crippen molar-refractivity contribution in [2.75, 3.05) is 12.8 Å². The lowest BCUT2D eigenvalue weighted by molar-refractivity contribution is 0.553. The Morgan fingerprint density at radius 2 is 1.93 bits per heavy atom. The van der Waals surface area contributed by atoms with E-state index in [1.54, 1.807) is 0 Å². The molecule has 0 amide bonds. The van der Waals surface area contributed by atoms with Crippen molar-refractivity contribution in [3.05, 3.63) is 35.9 Å². The van der Waals surface area contributed by atoms with Crippen molar-refractivity contribution in [1.29, 1.82) is 0 Å². The molecule has 15 heavy (non-hydrogen) atoms. The molecule has 0 saturated carbocycles. The standard InChI is InChI=1S/C10H16N2O2S/c1-15(13,14)12-10(8-11)7-9-5-3-2-4-6-9/h2-6,10,12H,7-8,11H2,1H3. The second kappa shape index (κ2) is 5.25. The van der Waals surface area contributed by atoms with E-state index < -0.39 is 10.0 Å². The first-order valence-corrected chi connectivity index (χ1v) is 6.61. The number of benzene rings is 1. The second-order valence-electron chi connectivity index (χ2n) is 3.51. The average molecular weight is 228 g/mol. The summed E-state index contributed by atoms with van der Waals surface area (Å²) in [4.78, 5) is 0. The molecule has 1 unspecified atom stereocenters. The molecule has 0 bridgehead atoms. The summed E-state index contributed by atoms with van der Waals surface area (Å²) >= 11 is 0. The molecule has 0 heterocycles. The van der Waals surface area contributed by atoms with Gasteiger partial charge in [-0.2, -0.15) is 0 Å². The third kappa shape index (κ3) is 4.92. The first kappa shape index (κ1) is 12.2. The van der Waals surface area contributed by atoms with E-state index in [1.165, 1.54) is 0 Å². The zero-order valence-electron chi connectivity index (χ0n) is 8.68. The van der Waals surface area contributed by atoms with Gasteiger partial charge in [0.15, 0.2) is 0 Å². The Morgan fingerprint density at radius 3 is 2.40 bits per heavy atom. The lowest BCUT2D eigenvalue weighted by atomic mass is 10.1. The van der Waals surface area contributed by atoms with Gasteiger partial charge in [0.25, 0.3) is 0 Å². The molecule has 3 N–H and O–H groups in total. The van der Waals surface area contributed by atoms with Gasteiger partial charge in [-0.05, 0) is 12.0 Å². The summed E-state index contributed by atoms with van der Waals surface area (Å²) in [6, 6.07) is 9.43. The third-order valence-electron chi connectivity index (χ3n) is 1.99. The van der Waals surface area contributed by atoms with E-state index in [0.717, 1.165) is 11.8 Å². The SMILES string of the molecule is CS(=O)(=O)NC(CN)Cc1ccccc1. The minimum atomic E-state index is -3.19. The summed E-state index contributed by atoms with van der Waals surface area (Å²) < 4.78 is 24.5. The molecule has 1 rings (SSSR count). The summed E-state index contributed by atoms with van der Waals surface area (Å²) in [6.45, 7) is 0.294. The Hall–Kier alpha value is -0.910. The normalized spacial score (nSPS) is 13.7. The number of hydrogen-bond acceptors (Lipinski definition) is 3. The number of nitrogens with two attached hydrogens (primary N) is 1. The Balaban J connectivity index is 2.63. The molecule has 0 aromatic heterocycles. The average Bonchev–Trinajstić information content (AvgIpc) is 2.16. The van der Waals surface area contributed by atoms with Crippen LogP contribution in [0, 0.1) is 0 Å².